The van der Waals surface area contributed by atoms with Gasteiger partial charge >= 0.3 is 0 Å². The Morgan fingerprint density at radius 2 is 2.16 bits per heavy atom. The second-order valence-electron chi connectivity index (χ2n) is 5.44. The van der Waals surface area contributed by atoms with Crippen molar-refractivity contribution in [1.29, 1.82) is 5.26 Å². The van der Waals surface area contributed by atoms with Gasteiger partial charge in [-0.25, -0.2) is 4.39 Å². The summed E-state index contributed by atoms with van der Waals surface area (Å²) in [6, 6.07) is 6.70. The summed E-state index contributed by atoms with van der Waals surface area (Å²) in [4.78, 5) is 2.45. The molecule has 0 aliphatic carbocycles. The number of piperidine rings is 3. The molecule has 3 fully saturated rings. The van der Waals surface area contributed by atoms with Gasteiger partial charge in [-0.3, -0.25) is 4.90 Å². The van der Waals surface area contributed by atoms with Crippen LogP contribution in [0.25, 0.3) is 0 Å². The number of rotatable bonds is 3. The van der Waals surface area contributed by atoms with Gasteiger partial charge in [-0.2, -0.15) is 5.26 Å². The van der Waals surface area contributed by atoms with Crippen LogP contribution in [0.3, 0.4) is 0 Å². The van der Waals surface area contributed by atoms with Crippen LogP contribution in [-0.4, -0.2) is 30.6 Å². The van der Waals surface area contributed by atoms with E-state index in [-0.39, 0.29) is 5.75 Å². The highest BCUT2D eigenvalue weighted by Crippen LogP contribution is 2.32. The Kier molecular flexibility index (Phi) is 3.39. The maximum atomic E-state index is 13.7. The van der Waals surface area contributed by atoms with Crippen molar-refractivity contribution in [3.8, 4) is 11.8 Å². The molecule has 0 amide bonds. The van der Waals surface area contributed by atoms with Crippen molar-refractivity contribution in [2.24, 2.45) is 5.92 Å². The van der Waals surface area contributed by atoms with Gasteiger partial charge < -0.3 is 4.74 Å². The van der Waals surface area contributed by atoms with E-state index in [1.807, 2.05) is 6.07 Å². The smallest absolute Gasteiger partial charge is 0.166 e. The molecule has 1 unspecified atom stereocenters. The fraction of sp³-hybridized carbons (Fsp3) is 0.533. The van der Waals surface area contributed by atoms with E-state index in [1.54, 1.807) is 12.1 Å². The van der Waals surface area contributed by atoms with E-state index in [4.69, 9.17) is 10.00 Å². The molecule has 19 heavy (non-hydrogen) atoms. The first kappa shape index (κ1) is 12.4. The third-order valence-corrected chi connectivity index (χ3v) is 4.26. The summed E-state index contributed by atoms with van der Waals surface area (Å²) in [5.74, 6) is 0.626. The first-order valence-electron chi connectivity index (χ1n) is 6.83. The van der Waals surface area contributed by atoms with E-state index in [2.05, 4.69) is 4.90 Å². The molecule has 1 aromatic rings. The molecule has 3 saturated heterocycles. The van der Waals surface area contributed by atoms with E-state index in [0.717, 1.165) is 25.4 Å². The topological polar surface area (TPSA) is 36.3 Å². The van der Waals surface area contributed by atoms with Crippen LogP contribution in [0.5, 0.6) is 5.75 Å². The second kappa shape index (κ2) is 5.18. The molecular formula is C15H17FN2O. The second-order valence-corrected chi connectivity index (χ2v) is 5.44. The summed E-state index contributed by atoms with van der Waals surface area (Å²) in [6.45, 7) is 2.84. The van der Waals surface area contributed by atoms with Crippen LogP contribution >= 0.6 is 0 Å². The zero-order valence-electron chi connectivity index (χ0n) is 10.8. The summed E-state index contributed by atoms with van der Waals surface area (Å²) in [6.07, 6.45) is 3.75. The van der Waals surface area contributed by atoms with E-state index in [9.17, 15) is 4.39 Å². The highest BCUT2D eigenvalue weighted by molar-refractivity contribution is 5.36. The average molecular weight is 260 g/mol. The van der Waals surface area contributed by atoms with Crippen LogP contribution in [0, 0.1) is 23.1 Å². The molecule has 0 radical (unpaired) electrons. The SMILES string of the molecule is N#Cc1ccc(OCC2CC3CCN2CC3)c(F)c1. The third kappa shape index (κ3) is 2.57. The Labute approximate surface area is 112 Å². The van der Waals surface area contributed by atoms with Crippen LogP contribution in [-0.2, 0) is 0 Å². The van der Waals surface area contributed by atoms with Gasteiger partial charge in [0, 0.05) is 6.04 Å². The van der Waals surface area contributed by atoms with Gasteiger partial charge in [0.1, 0.15) is 6.61 Å². The fourth-order valence-electron chi connectivity index (χ4n) is 3.13. The van der Waals surface area contributed by atoms with Gasteiger partial charge in [-0.15, -0.1) is 0 Å². The molecule has 0 saturated carbocycles. The molecule has 2 bridgehead atoms. The first-order chi connectivity index (χ1) is 9.26. The van der Waals surface area contributed by atoms with Gasteiger partial charge in [0.2, 0.25) is 0 Å². The van der Waals surface area contributed by atoms with Crippen LogP contribution in [0.1, 0.15) is 24.8 Å². The number of fused-ring (bicyclic) bond motifs is 3. The molecule has 1 atom stereocenters. The first-order valence-corrected chi connectivity index (χ1v) is 6.83. The van der Waals surface area contributed by atoms with Crippen LogP contribution in [0.15, 0.2) is 18.2 Å². The fourth-order valence-corrected chi connectivity index (χ4v) is 3.13. The predicted molar refractivity (Wildman–Crippen MR) is 69.3 cm³/mol. The van der Waals surface area contributed by atoms with Crippen molar-refractivity contribution in [3.05, 3.63) is 29.6 Å². The van der Waals surface area contributed by atoms with Crippen molar-refractivity contribution >= 4 is 0 Å². The summed E-state index contributed by atoms with van der Waals surface area (Å²) in [7, 11) is 0. The zero-order valence-corrected chi connectivity index (χ0v) is 10.8. The Hall–Kier alpha value is -1.60. The normalized spacial score (nSPS) is 28.9. The number of benzene rings is 1. The summed E-state index contributed by atoms with van der Waals surface area (Å²) in [5.41, 5.74) is 0.324. The van der Waals surface area contributed by atoms with Crippen molar-refractivity contribution in [3.63, 3.8) is 0 Å². The highest BCUT2D eigenvalue weighted by Gasteiger charge is 2.33. The molecule has 4 heteroatoms. The number of nitriles is 1. The molecule has 3 aliphatic heterocycles. The standard InChI is InChI=1S/C15H17FN2O/c16-14-8-12(9-17)1-2-15(14)19-10-13-7-11-3-5-18(13)6-4-11/h1-2,8,11,13H,3-7,10H2. The van der Waals surface area contributed by atoms with Crippen LogP contribution < -0.4 is 4.74 Å². The van der Waals surface area contributed by atoms with Gasteiger partial charge in [-0.1, -0.05) is 0 Å². The number of nitrogens with zero attached hydrogens (tertiary/aromatic N) is 2. The lowest BCUT2D eigenvalue weighted by Gasteiger charge is -2.45. The van der Waals surface area contributed by atoms with Gasteiger partial charge in [0.05, 0.1) is 11.6 Å². The molecule has 3 heterocycles. The third-order valence-electron chi connectivity index (χ3n) is 4.26. The summed E-state index contributed by atoms with van der Waals surface area (Å²) < 4.78 is 19.3. The lowest BCUT2D eigenvalue weighted by atomic mass is 9.83. The molecule has 3 aliphatic rings. The van der Waals surface area contributed by atoms with E-state index in [0.29, 0.717) is 18.2 Å². The molecule has 0 aromatic heterocycles. The summed E-state index contributed by atoms with van der Waals surface area (Å²) >= 11 is 0. The molecular weight excluding hydrogens is 243 g/mol. The molecule has 0 N–H and O–H groups in total. The van der Waals surface area contributed by atoms with Gasteiger partial charge in [0.15, 0.2) is 11.6 Å². The van der Waals surface area contributed by atoms with Crippen molar-refractivity contribution < 1.29 is 9.13 Å². The van der Waals surface area contributed by atoms with Crippen LogP contribution in [0.4, 0.5) is 4.39 Å². The minimum Gasteiger partial charge on any atom is -0.489 e. The number of hydrogen-bond acceptors (Lipinski definition) is 3. The number of ether oxygens (including phenoxy) is 1. The Morgan fingerprint density at radius 1 is 1.37 bits per heavy atom. The highest BCUT2D eigenvalue weighted by atomic mass is 19.1. The van der Waals surface area contributed by atoms with Gasteiger partial charge in [0.25, 0.3) is 0 Å². The average Bonchev–Trinajstić information content (AvgIpc) is 2.47. The lowest BCUT2D eigenvalue weighted by Crippen LogP contribution is -2.51. The monoisotopic (exact) mass is 260 g/mol. The molecule has 0 spiro atoms. The van der Waals surface area contributed by atoms with Gasteiger partial charge in [-0.05, 0) is 56.5 Å². The van der Waals surface area contributed by atoms with Crippen molar-refractivity contribution in [1.82, 2.24) is 4.90 Å². The maximum absolute atomic E-state index is 13.7. The Morgan fingerprint density at radius 3 is 2.74 bits per heavy atom. The lowest BCUT2D eigenvalue weighted by molar-refractivity contribution is 0.0231. The van der Waals surface area contributed by atoms with Crippen molar-refractivity contribution in [2.75, 3.05) is 19.7 Å². The van der Waals surface area contributed by atoms with E-state index >= 15 is 0 Å². The van der Waals surface area contributed by atoms with Crippen LogP contribution in [0.2, 0.25) is 0 Å². The number of hydrogen-bond donors (Lipinski definition) is 0. The summed E-state index contributed by atoms with van der Waals surface area (Å²) in [5, 5.41) is 8.69. The Bertz CT molecular complexity index is 503. The maximum Gasteiger partial charge on any atom is 0.166 e. The zero-order chi connectivity index (χ0) is 13.2. The molecule has 4 rings (SSSR count). The Balaban J connectivity index is 1.62. The van der Waals surface area contributed by atoms with Crippen molar-refractivity contribution in [2.45, 2.75) is 25.3 Å². The minimum atomic E-state index is -0.449. The van der Waals surface area contributed by atoms with E-state index in [1.165, 1.54) is 18.9 Å². The predicted octanol–water partition coefficient (Wildman–Crippen LogP) is 2.56. The molecule has 3 nitrogen and oxygen atoms in total. The number of halogens is 1. The minimum absolute atomic E-state index is 0.252. The molecule has 100 valence electrons. The molecule has 1 aromatic carbocycles. The largest absolute Gasteiger partial charge is 0.489 e. The quantitative estimate of drug-likeness (QED) is 0.838. The van der Waals surface area contributed by atoms with E-state index < -0.39 is 5.82 Å².